The number of aromatic nitrogens is 1. The molecule has 19 heavy (non-hydrogen) atoms. The first-order valence-corrected chi connectivity index (χ1v) is 5.82. The highest BCUT2D eigenvalue weighted by Crippen LogP contribution is 2.15. The van der Waals surface area contributed by atoms with Crippen LogP contribution >= 0.6 is 0 Å². The van der Waals surface area contributed by atoms with Gasteiger partial charge in [-0.2, -0.15) is 0 Å². The molecule has 2 aromatic rings. The molecule has 4 nitrogen and oxygen atoms in total. The van der Waals surface area contributed by atoms with Crippen LogP contribution < -0.4 is 11.1 Å². The van der Waals surface area contributed by atoms with Crippen molar-refractivity contribution >= 4 is 11.6 Å². The summed E-state index contributed by atoms with van der Waals surface area (Å²) in [6.07, 6.45) is 1.53. The number of aryl methyl sites for hydroxylation is 1. The average Bonchev–Trinajstić information content (AvgIpc) is 2.43. The van der Waals surface area contributed by atoms with Crippen molar-refractivity contribution < 1.29 is 9.18 Å². The number of hydrogen-bond acceptors (Lipinski definition) is 3. The van der Waals surface area contributed by atoms with E-state index in [2.05, 4.69) is 10.3 Å². The number of amides is 1. The van der Waals surface area contributed by atoms with Gasteiger partial charge in [0.2, 0.25) is 0 Å². The van der Waals surface area contributed by atoms with Crippen LogP contribution in [0.4, 0.5) is 10.1 Å². The summed E-state index contributed by atoms with van der Waals surface area (Å²) in [7, 11) is 0. The smallest absolute Gasteiger partial charge is 0.255 e. The lowest BCUT2D eigenvalue weighted by atomic mass is 10.2. The van der Waals surface area contributed by atoms with E-state index in [1.54, 1.807) is 25.1 Å². The van der Waals surface area contributed by atoms with E-state index in [1.165, 1.54) is 18.3 Å². The maximum Gasteiger partial charge on any atom is 0.255 e. The molecule has 1 heterocycles. The fraction of sp³-hybridized carbons (Fsp3) is 0.143. The highest BCUT2D eigenvalue weighted by Gasteiger charge is 2.08. The largest absolute Gasteiger partial charge is 0.325 e. The van der Waals surface area contributed by atoms with Crippen LogP contribution in [0.1, 0.15) is 21.6 Å². The highest BCUT2D eigenvalue weighted by molar-refractivity contribution is 6.04. The van der Waals surface area contributed by atoms with Gasteiger partial charge in [0.25, 0.3) is 5.91 Å². The standard InChI is InChI=1S/C14H14FN3O/c1-9-6-11(2-3-13(9)15)18-14(19)10-4-5-17-12(7-10)8-16/h2-7H,8,16H2,1H3,(H,18,19). The van der Waals surface area contributed by atoms with E-state index in [1.807, 2.05) is 0 Å². The summed E-state index contributed by atoms with van der Waals surface area (Å²) >= 11 is 0. The predicted octanol–water partition coefficient (Wildman–Crippen LogP) is 2.24. The molecule has 0 spiro atoms. The Labute approximate surface area is 110 Å². The summed E-state index contributed by atoms with van der Waals surface area (Å²) < 4.78 is 13.1. The number of rotatable bonds is 3. The van der Waals surface area contributed by atoms with Crippen LogP contribution in [-0.4, -0.2) is 10.9 Å². The minimum atomic E-state index is -0.299. The molecule has 1 aromatic carbocycles. The van der Waals surface area contributed by atoms with Gasteiger partial charge in [-0.3, -0.25) is 9.78 Å². The lowest BCUT2D eigenvalue weighted by Crippen LogP contribution is -2.13. The Bertz CT molecular complexity index is 613. The second-order valence-electron chi connectivity index (χ2n) is 4.16. The van der Waals surface area contributed by atoms with Gasteiger partial charge < -0.3 is 11.1 Å². The number of nitrogens with two attached hydrogens (primary N) is 1. The molecule has 0 atom stereocenters. The van der Waals surface area contributed by atoms with Crippen LogP contribution in [-0.2, 0) is 6.54 Å². The molecule has 0 aliphatic heterocycles. The normalized spacial score (nSPS) is 10.3. The Hall–Kier alpha value is -2.27. The van der Waals surface area contributed by atoms with E-state index in [-0.39, 0.29) is 18.3 Å². The molecular formula is C14H14FN3O. The van der Waals surface area contributed by atoms with E-state index in [4.69, 9.17) is 5.73 Å². The van der Waals surface area contributed by atoms with Gasteiger partial charge in [0, 0.05) is 24.0 Å². The molecule has 0 fully saturated rings. The first kappa shape index (κ1) is 13.2. The number of carbonyl (C=O) groups is 1. The van der Waals surface area contributed by atoms with Gasteiger partial charge in [-0.1, -0.05) is 0 Å². The molecule has 0 unspecified atom stereocenters. The SMILES string of the molecule is Cc1cc(NC(=O)c2ccnc(CN)c2)ccc1F. The quantitative estimate of drug-likeness (QED) is 0.888. The van der Waals surface area contributed by atoms with Crippen LogP contribution in [0.15, 0.2) is 36.5 Å². The van der Waals surface area contributed by atoms with E-state index < -0.39 is 0 Å². The number of nitrogens with zero attached hydrogens (tertiary/aromatic N) is 1. The van der Waals surface area contributed by atoms with Crippen molar-refractivity contribution in [2.24, 2.45) is 5.73 Å². The molecule has 98 valence electrons. The maximum absolute atomic E-state index is 13.1. The first-order chi connectivity index (χ1) is 9.10. The van der Waals surface area contributed by atoms with Crippen molar-refractivity contribution in [1.29, 1.82) is 0 Å². The number of pyridine rings is 1. The molecule has 1 amide bonds. The molecule has 0 radical (unpaired) electrons. The lowest BCUT2D eigenvalue weighted by molar-refractivity contribution is 0.102. The average molecular weight is 259 g/mol. The monoisotopic (exact) mass is 259 g/mol. The van der Waals surface area contributed by atoms with Gasteiger partial charge in [0.15, 0.2) is 0 Å². The zero-order valence-electron chi connectivity index (χ0n) is 10.5. The third-order valence-corrected chi connectivity index (χ3v) is 2.70. The molecule has 0 bridgehead atoms. The first-order valence-electron chi connectivity index (χ1n) is 5.82. The summed E-state index contributed by atoms with van der Waals surface area (Å²) in [5.74, 6) is -0.574. The van der Waals surface area contributed by atoms with Crippen molar-refractivity contribution in [3.8, 4) is 0 Å². The summed E-state index contributed by atoms with van der Waals surface area (Å²) in [4.78, 5) is 16.0. The van der Waals surface area contributed by atoms with Crippen molar-refractivity contribution in [3.05, 3.63) is 59.2 Å². The van der Waals surface area contributed by atoms with Crippen molar-refractivity contribution in [3.63, 3.8) is 0 Å². The second kappa shape index (κ2) is 5.58. The minimum Gasteiger partial charge on any atom is -0.325 e. The van der Waals surface area contributed by atoms with Crippen LogP contribution in [0.3, 0.4) is 0 Å². The Morgan fingerprint density at radius 1 is 1.37 bits per heavy atom. The number of nitrogens with one attached hydrogen (secondary N) is 1. The van der Waals surface area contributed by atoms with Crippen molar-refractivity contribution in [2.45, 2.75) is 13.5 Å². The van der Waals surface area contributed by atoms with Crippen LogP contribution in [0.25, 0.3) is 0 Å². The number of anilines is 1. The van der Waals surface area contributed by atoms with E-state index in [0.717, 1.165) is 0 Å². The Balaban J connectivity index is 2.18. The molecule has 0 aliphatic carbocycles. The zero-order valence-corrected chi connectivity index (χ0v) is 10.5. The van der Waals surface area contributed by atoms with Gasteiger partial charge in [-0.25, -0.2) is 4.39 Å². The van der Waals surface area contributed by atoms with E-state index in [0.29, 0.717) is 22.5 Å². The maximum atomic E-state index is 13.1. The number of hydrogen-bond donors (Lipinski definition) is 2. The molecular weight excluding hydrogens is 245 g/mol. The van der Waals surface area contributed by atoms with Crippen LogP contribution in [0.2, 0.25) is 0 Å². The van der Waals surface area contributed by atoms with Crippen LogP contribution in [0.5, 0.6) is 0 Å². The van der Waals surface area contributed by atoms with Gasteiger partial charge >= 0.3 is 0 Å². The Morgan fingerprint density at radius 3 is 2.84 bits per heavy atom. The van der Waals surface area contributed by atoms with Gasteiger partial charge in [-0.15, -0.1) is 0 Å². The fourth-order valence-corrected chi connectivity index (χ4v) is 1.66. The summed E-state index contributed by atoms with van der Waals surface area (Å²) in [5, 5.41) is 2.70. The fourth-order valence-electron chi connectivity index (χ4n) is 1.66. The number of carbonyl (C=O) groups excluding carboxylic acids is 1. The van der Waals surface area contributed by atoms with Gasteiger partial charge in [0.05, 0.1) is 5.69 Å². The molecule has 5 heteroatoms. The lowest BCUT2D eigenvalue weighted by Gasteiger charge is -2.07. The minimum absolute atomic E-state index is 0.275. The third kappa shape index (κ3) is 3.14. The molecule has 0 aliphatic rings. The Kier molecular flexibility index (Phi) is 3.87. The van der Waals surface area contributed by atoms with Crippen molar-refractivity contribution in [2.75, 3.05) is 5.32 Å². The van der Waals surface area contributed by atoms with E-state index >= 15 is 0 Å². The van der Waals surface area contributed by atoms with Gasteiger partial charge in [-0.05, 0) is 42.8 Å². The molecule has 0 saturated heterocycles. The van der Waals surface area contributed by atoms with Gasteiger partial charge in [0.1, 0.15) is 5.82 Å². The second-order valence-corrected chi connectivity index (χ2v) is 4.16. The molecule has 0 saturated carbocycles. The molecule has 1 aromatic heterocycles. The van der Waals surface area contributed by atoms with Crippen LogP contribution in [0, 0.1) is 12.7 Å². The predicted molar refractivity (Wildman–Crippen MR) is 71.2 cm³/mol. The topological polar surface area (TPSA) is 68.0 Å². The number of halogens is 1. The summed E-state index contributed by atoms with van der Waals surface area (Å²) in [6, 6.07) is 7.66. The molecule has 3 N–H and O–H groups in total. The number of benzene rings is 1. The molecule has 2 rings (SSSR count). The zero-order chi connectivity index (χ0) is 13.8. The summed E-state index contributed by atoms with van der Waals surface area (Å²) in [6.45, 7) is 1.92. The summed E-state index contributed by atoms with van der Waals surface area (Å²) in [5.41, 5.74) is 7.62. The van der Waals surface area contributed by atoms with Crippen molar-refractivity contribution in [1.82, 2.24) is 4.98 Å². The Morgan fingerprint density at radius 2 is 2.16 bits per heavy atom. The van der Waals surface area contributed by atoms with E-state index in [9.17, 15) is 9.18 Å². The highest BCUT2D eigenvalue weighted by atomic mass is 19.1. The third-order valence-electron chi connectivity index (χ3n) is 2.70.